The van der Waals surface area contributed by atoms with Gasteiger partial charge in [0.1, 0.15) is 22.6 Å². The van der Waals surface area contributed by atoms with Gasteiger partial charge in [-0.3, -0.25) is 4.79 Å². The van der Waals surface area contributed by atoms with E-state index in [-0.39, 0.29) is 5.78 Å². The van der Waals surface area contributed by atoms with E-state index in [2.05, 4.69) is 56.6 Å². The number of rotatable bonds is 8. The smallest absolute Gasteiger partial charge is 0.192 e. The van der Waals surface area contributed by atoms with E-state index in [1.165, 1.54) is 35.4 Å². The molecule has 0 radical (unpaired) electrons. The minimum atomic E-state index is 0.00243. The van der Waals surface area contributed by atoms with E-state index >= 15 is 0 Å². The van der Waals surface area contributed by atoms with Crippen LogP contribution in [0.2, 0.25) is 0 Å². The number of aromatic nitrogens is 3. The van der Waals surface area contributed by atoms with Gasteiger partial charge in [0.2, 0.25) is 0 Å². The highest BCUT2D eigenvalue weighted by Crippen LogP contribution is 2.26. The number of thioether (sulfide) groups is 1. The molecular formula is C21H23N7OS2. The summed E-state index contributed by atoms with van der Waals surface area (Å²) >= 11 is 2.73. The highest BCUT2D eigenvalue weighted by Gasteiger charge is 2.17. The van der Waals surface area contributed by atoms with Gasteiger partial charge in [-0.25, -0.2) is 15.0 Å². The fraction of sp³-hybridized carbons (Fsp3) is 0.381. The van der Waals surface area contributed by atoms with Gasteiger partial charge in [0.05, 0.1) is 11.9 Å². The zero-order chi connectivity index (χ0) is 22.1. The molecule has 2 aromatic heterocycles. The molecule has 1 fully saturated rings. The average Bonchev–Trinajstić information content (AvgIpc) is 3.23. The Labute approximate surface area is 190 Å². The molecule has 3 heterocycles. The number of ketones is 1. The van der Waals surface area contributed by atoms with Gasteiger partial charge in [-0.05, 0) is 13.1 Å². The maximum atomic E-state index is 11.2. The zero-order valence-corrected chi connectivity index (χ0v) is 18.9. The van der Waals surface area contributed by atoms with Gasteiger partial charge < -0.3 is 15.1 Å². The van der Waals surface area contributed by atoms with E-state index in [1.807, 2.05) is 6.07 Å². The second kappa shape index (κ2) is 11.5. The molecule has 2 aromatic rings. The summed E-state index contributed by atoms with van der Waals surface area (Å²) in [7, 11) is 2.11. The molecule has 3 rings (SSSR count). The summed E-state index contributed by atoms with van der Waals surface area (Å²) in [5.74, 6) is 8.08. The van der Waals surface area contributed by atoms with Crippen molar-refractivity contribution in [2.45, 2.75) is 18.0 Å². The molecule has 0 unspecified atom stereocenters. The van der Waals surface area contributed by atoms with Crippen molar-refractivity contribution in [2.75, 3.05) is 49.2 Å². The van der Waals surface area contributed by atoms with Crippen LogP contribution >= 0.6 is 23.1 Å². The van der Waals surface area contributed by atoms with Crippen LogP contribution in [0.3, 0.4) is 0 Å². The van der Waals surface area contributed by atoms with Gasteiger partial charge in [-0.2, -0.15) is 5.26 Å². The summed E-state index contributed by atoms with van der Waals surface area (Å²) in [5, 5.41) is 13.4. The summed E-state index contributed by atoms with van der Waals surface area (Å²) in [4.78, 5) is 29.8. The van der Waals surface area contributed by atoms with Crippen molar-refractivity contribution in [1.82, 2.24) is 19.9 Å². The Balaban J connectivity index is 1.71. The van der Waals surface area contributed by atoms with E-state index in [0.29, 0.717) is 39.6 Å². The normalized spacial score (nSPS) is 13.7. The Morgan fingerprint density at radius 3 is 2.87 bits per heavy atom. The van der Waals surface area contributed by atoms with Crippen molar-refractivity contribution in [3.05, 3.63) is 29.8 Å². The summed E-state index contributed by atoms with van der Waals surface area (Å²) in [6.45, 7) is 7.19. The maximum absolute atomic E-state index is 11.2. The summed E-state index contributed by atoms with van der Waals surface area (Å²) in [6, 6.07) is 4.00. The third-order valence-corrected chi connectivity index (χ3v) is 6.04. The first-order valence-corrected chi connectivity index (χ1v) is 11.6. The molecule has 160 valence electrons. The summed E-state index contributed by atoms with van der Waals surface area (Å²) < 4.78 is 0. The molecule has 0 aromatic carbocycles. The number of hydrogen-bond acceptors (Lipinski definition) is 10. The number of carbonyl (C=O) groups is 1. The molecule has 10 heteroatoms. The number of carbonyl (C=O) groups excluding carboxylic acids is 1. The van der Waals surface area contributed by atoms with E-state index in [0.717, 1.165) is 32.0 Å². The van der Waals surface area contributed by atoms with Gasteiger partial charge in [-0.1, -0.05) is 35.6 Å². The van der Waals surface area contributed by atoms with Crippen LogP contribution in [-0.4, -0.2) is 64.6 Å². The lowest BCUT2D eigenvalue weighted by Crippen LogP contribution is -2.44. The number of likely N-dealkylation sites (N-methyl/N-ethyl adjacent to an activating group) is 1. The second-order valence-electron chi connectivity index (χ2n) is 6.76. The van der Waals surface area contributed by atoms with Crippen molar-refractivity contribution in [1.29, 1.82) is 5.26 Å². The lowest BCUT2D eigenvalue weighted by molar-refractivity contribution is -0.114. The lowest BCUT2D eigenvalue weighted by Gasteiger charge is -2.33. The molecule has 0 spiro atoms. The van der Waals surface area contributed by atoms with Crippen LogP contribution in [0.15, 0.2) is 30.1 Å². The van der Waals surface area contributed by atoms with Gasteiger partial charge in [-0.15, -0.1) is 5.92 Å². The Morgan fingerprint density at radius 2 is 2.16 bits per heavy atom. The number of hydrogen-bond donors (Lipinski definition) is 1. The molecule has 0 saturated carbocycles. The largest absolute Gasteiger partial charge is 0.354 e. The fourth-order valence-corrected chi connectivity index (χ4v) is 4.00. The van der Waals surface area contributed by atoms with Gasteiger partial charge >= 0.3 is 0 Å². The highest BCUT2D eigenvalue weighted by molar-refractivity contribution is 7.99. The van der Waals surface area contributed by atoms with Gasteiger partial charge in [0, 0.05) is 45.1 Å². The van der Waals surface area contributed by atoms with Gasteiger partial charge in [0.25, 0.3) is 0 Å². The van der Waals surface area contributed by atoms with Crippen LogP contribution in [0.25, 0.3) is 0 Å². The van der Waals surface area contributed by atoms with Gasteiger partial charge in [0.15, 0.2) is 16.1 Å². The predicted molar refractivity (Wildman–Crippen MR) is 125 cm³/mol. The van der Waals surface area contributed by atoms with Crippen LogP contribution in [0, 0.1) is 23.2 Å². The Bertz CT molecular complexity index is 1030. The minimum Gasteiger partial charge on any atom is -0.354 e. The van der Waals surface area contributed by atoms with E-state index in [4.69, 9.17) is 10.2 Å². The van der Waals surface area contributed by atoms with Crippen molar-refractivity contribution < 1.29 is 4.79 Å². The molecule has 1 aliphatic heterocycles. The first-order chi connectivity index (χ1) is 15.1. The van der Waals surface area contributed by atoms with E-state index < -0.39 is 0 Å². The zero-order valence-electron chi connectivity index (χ0n) is 17.3. The number of nitrogens with one attached hydrogen (secondary N) is 1. The number of nitriles is 1. The fourth-order valence-electron chi connectivity index (χ4n) is 2.76. The molecule has 0 atom stereocenters. The molecular weight excluding hydrogens is 430 g/mol. The standard InChI is InChI=1S/C21H23N7OS2/c1-3-16(29)7-5-4-6-12-30-21-25-18(24-20-23-15-17(14-22)31-20)13-19(26-21)28-10-8-27(2)9-11-28/h3,13,15H,1,5,7-12H2,2H3,(H,23,24,25,26). The SMILES string of the molecule is C=CC(=O)CCC#CCSc1nc(Nc2ncc(C#N)s2)cc(N2CCN(C)CC2)n1. The summed E-state index contributed by atoms with van der Waals surface area (Å²) in [6.07, 6.45) is 3.78. The molecule has 0 bridgehead atoms. The van der Waals surface area contributed by atoms with Crippen LogP contribution in [-0.2, 0) is 4.79 Å². The monoisotopic (exact) mass is 453 g/mol. The lowest BCUT2D eigenvalue weighted by atomic mass is 10.2. The topological polar surface area (TPSA) is 98.0 Å². The van der Waals surface area contributed by atoms with Crippen LogP contribution < -0.4 is 10.2 Å². The molecule has 8 nitrogen and oxygen atoms in total. The number of allylic oxidation sites excluding steroid dienone is 1. The quantitative estimate of drug-likeness (QED) is 0.280. The molecule has 0 aliphatic carbocycles. The van der Waals surface area contributed by atoms with Crippen LogP contribution in [0.5, 0.6) is 0 Å². The van der Waals surface area contributed by atoms with Crippen LogP contribution in [0.4, 0.5) is 16.8 Å². The summed E-state index contributed by atoms with van der Waals surface area (Å²) in [5.41, 5.74) is 0. The third kappa shape index (κ3) is 7.07. The maximum Gasteiger partial charge on any atom is 0.192 e. The first-order valence-electron chi connectivity index (χ1n) is 9.76. The minimum absolute atomic E-state index is 0.00243. The molecule has 1 saturated heterocycles. The van der Waals surface area contributed by atoms with Crippen molar-refractivity contribution in [2.24, 2.45) is 0 Å². The number of anilines is 3. The van der Waals surface area contributed by atoms with Crippen molar-refractivity contribution in [3.63, 3.8) is 0 Å². The number of nitrogens with zero attached hydrogens (tertiary/aromatic N) is 6. The highest BCUT2D eigenvalue weighted by atomic mass is 32.2. The van der Waals surface area contributed by atoms with Crippen LogP contribution in [0.1, 0.15) is 17.7 Å². The van der Waals surface area contributed by atoms with E-state index in [9.17, 15) is 4.79 Å². The predicted octanol–water partition coefficient (Wildman–Crippen LogP) is 2.93. The molecule has 1 aliphatic rings. The van der Waals surface area contributed by atoms with Crippen molar-refractivity contribution >= 4 is 45.6 Å². The Kier molecular flexibility index (Phi) is 8.42. The van der Waals surface area contributed by atoms with E-state index in [1.54, 1.807) is 0 Å². The number of thiazole rings is 1. The Hall–Kier alpha value is -2.92. The first kappa shape index (κ1) is 22.8. The Morgan fingerprint density at radius 1 is 1.35 bits per heavy atom. The molecule has 0 amide bonds. The second-order valence-corrected chi connectivity index (χ2v) is 8.74. The number of piperazine rings is 1. The van der Waals surface area contributed by atoms with Crippen molar-refractivity contribution in [3.8, 4) is 17.9 Å². The third-order valence-electron chi connectivity index (χ3n) is 4.49. The molecule has 31 heavy (non-hydrogen) atoms. The average molecular weight is 454 g/mol. The molecule has 1 N–H and O–H groups in total.